The fourth-order valence-corrected chi connectivity index (χ4v) is 3.99. The van der Waals surface area contributed by atoms with Crippen LogP contribution in [0.4, 0.5) is 22.2 Å². The number of allylic oxidation sites excluding steroid dienone is 3. The summed E-state index contributed by atoms with van der Waals surface area (Å²) in [6, 6.07) is 4.90. The Morgan fingerprint density at radius 1 is 1.14 bits per heavy atom. The van der Waals surface area contributed by atoms with Crippen LogP contribution in [0.25, 0.3) is 0 Å². The van der Waals surface area contributed by atoms with Crippen LogP contribution >= 0.6 is 0 Å². The van der Waals surface area contributed by atoms with E-state index < -0.39 is 10.0 Å². The Bertz CT molecular complexity index is 1330. The number of carbonyl (C=O) groups excluding carboxylic acids is 1. The number of hydrogen-bond acceptors (Lipinski definition) is 8. The second-order valence-corrected chi connectivity index (χ2v) is 9.13. The van der Waals surface area contributed by atoms with E-state index in [0.717, 1.165) is 5.41 Å². The van der Waals surface area contributed by atoms with Crippen molar-refractivity contribution in [3.8, 4) is 11.5 Å². The number of methoxy groups -OCH3 is 2. The molecule has 1 aliphatic rings. The first kappa shape index (κ1) is 26.3. The maximum atomic E-state index is 13.2. The molecule has 0 fully saturated rings. The van der Waals surface area contributed by atoms with Crippen molar-refractivity contribution in [3.05, 3.63) is 78.1 Å². The summed E-state index contributed by atoms with van der Waals surface area (Å²) in [6.07, 6.45) is 6.18. The topological polar surface area (TPSA) is 126 Å². The number of nitrogens with one attached hydrogen (secondary N) is 2. The second-order valence-electron chi connectivity index (χ2n) is 7.50. The number of hydrogen-bond donors (Lipinski definition) is 2. The monoisotopic (exact) mass is 512 g/mol. The van der Waals surface area contributed by atoms with Crippen molar-refractivity contribution < 1.29 is 22.7 Å². The van der Waals surface area contributed by atoms with Crippen LogP contribution in [0.15, 0.2) is 72.6 Å². The molecule has 0 unspecified atom stereocenters. The van der Waals surface area contributed by atoms with E-state index in [-0.39, 0.29) is 24.2 Å². The van der Waals surface area contributed by atoms with E-state index in [9.17, 15) is 13.2 Å². The molecular weight excluding hydrogens is 484 g/mol. The molecule has 36 heavy (non-hydrogen) atoms. The van der Waals surface area contributed by atoms with Gasteiger partial charge in [-0.15, -0.1) is 0 Å². The van der Waals surface area contributed by atoms with Gasteiger partial charge in [0.1, 0.15) is 17.3 Å². The number of nitrogens with zero attached hydrogens (tertiary/aromatic N) is 4. The summed E-state index contributed by atoms with van der Waals surface area (Å²) < 4.78 is 37.1. The zero-order chi connectivity index (χ0) is 26.5. The fourth-order valence-electron chi connectivity index (χ4n) is 3.43. The Labute approximate surface area is 210 Å². The van der Waals surface area contributed by atoms with Crippen LogP contribution in [0, 0.1) is 0 Å². The van der Waals surface area contributed by atoms with E-state index in [4.69, 9.17) is 9.47 Å². The molecule has 12 heteroatoms. The first-order valence-electron chi connectivity index (χ1n) is 10.7. The van der Waals surface area contributed by atoms with Crippen molar-refractivity contribution in [2.75, 3.05) is 36.4 Å². The maximum absolute atomic E-state index is 13.2. The molecule has 2 heterocycles. The molecule has 0 saturated heterocycles. The summed E-state index contributed by atoms with van der Waals surface area (Å²) in [4.78, 5) is 25.1. The van der Waals surface area contributed by atoms with Crippen molar-refractivity contribution in [2.24, 2.45) is 0 Å². The number of sulfonamides is 1. The van der Waals surface area contributed by atoms with Gasteiger partial charge in [-0.05, 0) is 13.0 Å². The van der Waals surface area contributed by atoms with Gasteiger partial charge in [-0.1, -0.05) is 25.3 Å². The number of aromatic nitrogens is 2. The van der Waals surface area contributed by atoms with Gasteiger partial charge in [0.25, 0.3) is 10.0 Å². The molecule has 0 radical (unpaired) electrons. The van der Waals surface area contributed by atoms with Crippen LogP contribution < -0.4 is 29.3 Å². The summed E-state index contributed by atoms with van der Waals surface area (Å²) in [5.74, 6) is 1.69. The number of anilines is 3. The van der Waals surface area contributed by atoms with Gasteiger partial charge in [-0.25, -0.2) is 18.2 Å². The fraction of sp³-hybridized carbons (Fsp3) is 0.208. The third-order valence-corrected chi connectivity index (χ3v) is 6.18. The lowest BCUT2D eigenvalue weighted by Gasteiger charge is -2.34. The van der Waals surface area contributed by atoms with Gasteiger partial charge in [-0.2, -0.15) is 4.98 Å². The minimum absolute atomic E-state index is 0.172. The average molecular weight is 513 g/mol. The molecular formula is C24H28N6O5S. The van der Waals surface area contributed by atoms with Crippen molar-refractivity contribution >= 4 is 33.5 Å². The number of ether oxygens (including phenoxy) is 2. The van der Waals surface area contributed by atoms with Gasteiger partial charge in [0, 0.05) is 42.4 Å². The molecule has 190 valence electrons. The standard InChI is InChI=1S/C24H28N6O5S/c1-7-10-21(28-36(32,33)9-3)20(8-2)26-23-25-14-16-15-30(24(31)29(4)22(16)27-23)17-11-18(34-5)13-19(12-17)35-6/h7-14,28H,1,3,15H2,2,4-6H3,(H,25,26,27)/b20-8+,21-10+. The third kappa shape index (κ3) is 5.66. The largest absolute Gasteiger partial charge is 0.497 e. The van der Waals surface area contributed by atoms with Crippen LogP contribution in [0.1, 0.15) is 12.5 Å². The van der Waals surface area contributed by atoms with Crippen LogP contribution in [0.3, 0.4) is 0 Å². The molecule has 0 spiro atoms. The Morgan fingerprint density at radius 2 is 1.81 bits per heavy atom. The molecule has 0 aliphatic carbocycles. The maximum Gasteiger partial charge on any atom is 0.330 e. The van der Waals surface area contributed by atoms with Gasteiger partial charge in [0.05, 0.1) is 37.8 Å². The normalized spacial score (nSPS) is 14.2. The highest BCUT2D eigenvalue weighted by Gasteiger charge is 2.31. The van der Waals surface area contributed by atoms with Crippen LogP contribution in [-0.2, 0) is 16.6 Å². The highest BCUT2D eigenvalue weighted by Crippen LogP contribution is 2.34. The summed E-state index contributed by atoms with van der Waals surface area (Å²) in [5, 5.41) is 3.80. The second kappa shape index (κ2) is 11.0. The van der Waals surface area contributed by atoms with Crippen molar-refractivity contribution in [2.45, 2.75) is 13.5 Å². The van der Waals surface area contributed by atoms with Gasteiger partial charge in [0.2, 0.25) is 5.95 Å². The molecule has 1 aromatic heterocycles. The lowest BCUT2D eigenvalue weighted by Crippen LogP contribution is -2.46. The lowest BCUT2D eigenvalue weighted by molar-refractivity contribution is 0.251. The van der Waals surface area contributed by atoms with Gasteiger partial charge < -0.3 is 14.8 Å². The summed E-state index contributed by atoms with van der Waals surface area (Å²) in [7, 11) is 0.927. The average Bonchev–Trinajstić information content (AvgIpc) is 2.88. The summed E-state index contributed by atoms with van der Waals surface area (Å²) in [5.41, 5.74) is 1.91. The Balaban J connectivity index is 1.92. The predicted octanol–water partition coefficient (Wildman–Crippen LogP) is 3.52. The van der Waals surface area contributed by atoms with Crippen molar-refractivity contribution in [1.29, 1.82) is 0 Å². The molecule has 11 nitrogen and oxygen atoms in total. The van der Waals surface area contributed by atoms with E-state index in [1.54, 1.807) is 49.3 Å². The lowest BCUT2D eigenvalue weighted by atomic mass is 10.2. The minimum Gasteiger partial charge on any atom is -0.497 e. The van der Waals surface area contributed by atoms with Crippen LogP contribution in [-0.4, -0.2) is 45.7 Å². The highest BCUT2D eigenvalue weighted by molar-refractivity contribution is 7.92. The quantitative estimate of drug-likeness (QED) is 0.463. The summed E-state index contributed by atoms with van der Waals surface area (Å²) in [6.45, 7) is 8.87. The van der Waals surface area contributed by atoms with E-state index in [0.29, 0.717) is 34.3 Å². The van der Waals surface area contributed by atoms with E-state index >= 15 is 0 Å². The predicted molar refractivity (Wildman–Crippen MR) is 139 cm³/mol. The SMILES string of the molecule is C=C/C=C(NS(=O)(=O)C=C)\C(=C/C)Nc1ncc2c(n1)N(C)C(=O)N(c1cc(OC)cc(OC)c1)C2. The highest BCUT2D eigenvalue weighted by atomic mass is 32.2. The Morgan fingerprint density at radius 3 is 2.36 bits per heavy atom. The number of benzene rings is 1. The molecule has 2 amide bonds. The van der Waals surface area contributed by atoms with Gasteiger partial charge in [-0.3, -0.25) is 14.5 Å². The Hall–Kier alpha value is -4.32. The number of urea groups is 1. The first-order valence-corrected chi connectivity index (χ1v) is 12.3. The van der Waals surface area contributed by atoms with Crippen molar-refractivity contribution in [1.82, 2.24) is 14.7 Å². The molecule has 2 aromatic rings. The smallest absolute Gasteiger partial charge is 0.330 e. The minimum atomic E-state index is -3.76. The van der Waals surface area contributed by atoms with Crippen molar-refractivity contribution in [3.63, 3.8) is 0 Å². The summed E-state index contributed by atoms with van der Waals surface area (Å²) >= 11 is 0. The number of fused-ring (bicyclic) bond motifs is 1. The zero-order valence-electron chi connectivity index (χ0n) is 20.5. The van der Waals surface area contributed by atoms with Crippen LogP contribution in [0.5, 0.6) is 11.5 Å². The number of amides is 2. The van der Waals surface area contributed by atoms with Crippen LogP contribution in [0.2, 0.25) is 0 Å². The molecule has 3 rings (SSSR count). The molecule has 1 aliphatic heterocycles. The molecule has 0 saturated carbocycles. The Kier molecular flexibility index (Phi) is 8.00. The number of rotatable bonds is 10. The van der Waals surface area contributed by atoms with E-state index in [1.165, 1.54) is 31.3 Å². The first-order chi connectivity index (χ1) is 17.2. The number of carbonyl (C=O) groups is 1. The molecule has 2 N–H and O–H groups in total. The third-order valence-electron chi connectivity index (χ3n) is 5.24. The van der Waals surface area contributed by atoms with Gasteiger partial charge >= 0.3 is 6.03 Å². The van der Waals surface area contributed by atoms with Gasteiger partial charge in [0.15, 0.2) is 0 Å². The zero-order valence-corrected chi connectivity index (χ0v) is 21.3. The molecule has 0 bridgehead atoms. The molecule has 0 atom stereocenters. The molecule has 1 aromatic carbocycles. The van der Waals surface area contributed by atoms with E-state index in [1.807, 2.05) is 0 Å². The van der Waals surface area contributed by atoms with E-state index in [2.05, 4.69) is 33.2 Å².